The van der Waals surface area contributed by atoms with Crippen LogP contribution in [0.3, 0.4) is 0 Å². The van der Waals surface area contributed by atoms with Crippen molar-refractivity contribution in [3.8, 4) is 0 Å². The lowest BCUT2D eigenvalue weighted by atomic mass is 10.0. The van der Waals surface area contributed by atoms with Crippen LogP contribution in [0.25, 0.3) is 0 Å². The number of amides is 1. The van der Waals surface area contributed by atoms with Gasteiger partial charge in [-0.3, -0.25) is 18.6 Å². The molecule has 2 unspecified atom stereocenters. The number of phosphoric ester groups is 1. The van der Waals surface area contributed by atoms with Gasteiger partial charge >= 0.3 is 13.8 Å². The Hall–Kier alpha value is -2.29. The lowest BCUT2D eigenvalue weighted by molar-refractivity contribution is -0.147. The van der Waals surface area contributed by atoms with Crippen molar-refractivity contribution in [1.29, 1.82) is 0 Å². The van der Waals surface area contributed by atoms with Crippen LogP contribution < -0.4 is 5.32 Å². The molecule has 9 nitrogen and oxygen atoms in total. The molecule has 0 aliphatic rings. The molecule has 0 saturated carbocycles. The summed E-state index contributed by atoms with van der Waals surface area (Å²) >= 11 is 0. The van der Waals surface area contributed by atoms with E-state index in [2.05, 4.69) is 79.9 Å². The first-order valence-electron chi connectivity index (χ1n) is 21.8. The number of allylic oxidation sites excluding steroid dienone is 10. The van der Waals surface area contributed by atoms with Gasteiger partial charge in [0.1, 0.15) is 12.7 Å². The van der Waals surface area contributed by atoms with Gasteiger partial charge in [-0.05, 0) is 77.0 Å². The van der Waals surface area contributed by atoms with Gasteiger partial charge in [-0.2, -0.15) is 0 Å². The first-order valence-corrected chi connectivity index (χ1v) is 23.3. The average Bonchev–Trinajstić information content (AvgIpc) is 3.17. The molecule has 0 spiro atoms. The highest BCUT2D eigenvalue weighted by Gasteiger charge is 2.23. The largest absolute Gasteiger partial charge is 0.472 e. The van der Waals surface area contributed by atoms with E-state index in [-0.39, 0.29) is 32.1 Å². The quantitative estimate of drug-likeness (QED) is 0.0242. The molecule has 318 valence electrons. The second-order valence-electron chi connectivity index (χ2n) is 14.3. The second-order valence-corrected chi connectivity index (χ2v) is 15.7. The zero-order valence-corrected chi connectivity index (χ0v) is 35.7. The van der Waals surface area contributed by atoms with Crippen LogP contribution in [0.4, 0.5) is 0 Å². The molecule has 0 aliphatic heterocycles. The minimum atomic E-state index is -4.43. The maximum atomic E-state index is 12.1. The van der Waals surface area contributed by atoms with E-state index < -0.39 is 26.5 Å². The third-order valence-electron chi connectivity index (χ3n) is 8.93. The normalized spacial score (nSPS) is 13.9. The molecule has 0 rings (SSSR count). The third kappa shape index (κ3) is 42.7. The lowest BCUT2D eigenvalue weighted by Crippen LogP contribution is -2.27. The van der Waals surface area contributed by atoms with Gasteiger partial charge in [0.15, 0.2) is 0 Å². The monoisotopic (exact) mass is 794 g/mol. The summed E-state index contributed by atoms with van der Waals surface area (Å²) in [5.41, 5.74) is 0. The van der Waals surface area contributed by atoms with Crippen LogP contribution in [0.1, 0.15) is 181 Å². The summed E-state index contributed by atoms with van der Waals surface area (Å²) < 4.78 is 26.8. The van der Waals surface area contributed by atoms with Crippen molar-refractivity contribution in [2.24, 2.45) is 0 Å². The fraction of sp³-hybridized carbons (Fsp3) is 0.733. The van der Waals surface area contributed by atoms with Crippen molar-refractivity contribution in [2.45, 2.75) is 187 Å². The number of aliphatic hydroxyl groups is 1. The number of hydrogen-bond acceptors (Lipinski definition) is 7. The van der Waals surface area contributed by atoms with Crippen LogP contribution >= 0.6 is 7.82 Å². The molecule has 0 aromatic carbocycles. The van der Waals surface area contributed by atoms with Crippen LogP contribution in [0.2, 0.25) is 0 Å². The third-order valence-corrected chi connectivity index (χ3v) is 9.92. The molecule has 0 saturated heterocycles. The summed E-state index contributed by atoms with van der Waals surface area (Å²) in [6.45, 7) is 3.37. The molecule has 10 heteroatoms. The molecule has 0 bridgehead atoms. The van der Waals surface area contributed by atoms with E-state index in [0.29, 0.717) is 6.42 Å². The van der Waals surface area contributed by atoms with Gasteiger partial charge in [0, 0.05) is 19.4 Å². The topological polar surface area (TPSA) is 131 Å². The maximum absolute atomic E-state index is 12.1. The van der Waals surface area contributed by atoms with Gasteiger partial charge in [0.2, 0.25) is 5.91 Å². The van der Waals surface area contributed by atoms with Gasteiger partial charge in [-0.15, -0.1) is 0 Å². The summed E-state index contributed by atoms with van der Waals surface area (Å²) in [5.74, 6) is -0.551. The van der Waals surface area contributed by atoms with Crippen LogP contribution in [0.5, 0.6) is 0 Å². The number of esters is 1. The zero-order chi connectivity index (χ0) is 40.3. The molecule has 0 radical (unpaired) electrons. The predicted molar refractivity (Wildman–Crippen MR) is 229 cm³/mol. The van der Waals surface area contributed by atoms with Crippen molar-refractivity contribution in [1.82, 2.24) is 5.32 Å². The van der Waals surface area contributed by atoms with Crippen molar-refractivity contribution >= 4 is 19.7 Å². The second kappa shape index (κ2) is 41.3. The van der Waals surface area contributed by atoms with E-state index in [0.717, 1.165) is 70.6 Å². The smallest absolute Gasteiger partial charge is 0.463 e. The Balaban J connectivity index is 3.61. The highest BCUT2D eigenvalue weighted by atomic mass is 31.2. The fourth-order valence-corrected chi connectivity index (χ4v) is 6.42. The minimum absolute atomic E-state index is 0.0634. The van der Waals surface area contributed by atoms with E-state index in [9.17, 15) is 24.2 Å². The van der Waals surface area contributed by atoms with Crippen molar-refractivity contribution < 1.29 is 37.9 Å². The summed E-state index contributed by atoms with van der Waals surface area (Å²) in [5, 5.41) is 12.7. The molecule has 3 N–H and O–H groups in total. The standard InChI is InChI=1S/C45H80NO8P/c1-3-5-7-9-11-13-15-17-18-19-20-21-22-23-24-26-28-30-32-34-36-38-45(49)52-41-43(47)42-54-55(50,51)53-40-39-46-44(48)37-35-33-31-29-27-25-16-14-12-10-8-6-4-2/h6,8,11-14,17-18,25,27,43,47H,3-5,7,9-10,15-16,19-24,26,28-42H2,1-2H3,(H,46,48)(H,50,51)/b8-6-,13-11-,14-12-,18-17-,27-25-. The van der Waals surface area contributed by atoms with Gasteiger partial charge in [-0.1, -0.05) is 152 Å². The highest BCUT2D eigenvalue weighted by molar-refractivity contribution is 7.47. The Morgan fingerprint density at radius 1 is 0.582 bits per heavy atom. The van der Waals surface area contributed by atoms with Crippen molar-refractivity contribution in [2.75, 3.05) is 26.4 Å². The number of carbonyl (C=O) groups is 2. The van der Waals surface area contributed by atoms with Crippen LogP contribution in [-0.4, -0.2) is 54.3 Å². The molecule has 0 aromatic rings. The molecular formula is C45H80NO8P. The van der Waals surface area contributed by atoms with Gasteiger partial charge in [0.25, 0.3) is 0 Å². The minimum Gasteiger partial charge on any atom is -0.463 e. The van der Waals surface area contributed by atoms with Crippen LogP contribution in [0, 0.1) is 0 Å². The lowest BCUT2D eigenvalue weighted by Gasteiger charge is -2.15. The van der Waals surface area contributed by atoms with Crippen molar-refractivity contribution in [3.05, 3.63) is 60.8 Å². The summed E-state index contributed by atoms with van der Waals surface area (Å²) in [7, 11) is -4.43. The zero-order valence-electron chi connectivity index (χ0n) is 34.9. The number of phosphoric acid groups is 1. The predicted octanol–water partition coefficient (Wildman–Crippen LogP) is 12.1. The molecule has 0 heterocycles. The number of carbonyl (C=O) groups excluding carboxylic acids is 2. The number of ether oxygens (including phenoxy) is 1. The van der Waals surface area contributed by atoms with E-state index in [1.165, 1.54) is 83.5 Å². The molecule has 2 atom stereocenters. The van der Waals surface area contributed by atoms with Crippen LogP contribution in [-0.2, 0) is 27.9 Å². The number of nitrogens with one attached hydrogen (secondary N) is 1. The Kier molecular flexibility index (Phi) is 39.6. The molecule has 0 aromatic heterocycles. The van der Waals surface area contributed by atoms with E-state index in [4.69, 9.17) is 13.8 Å². The first kappa shape index (κ1) is 52.7. The number of aliphatic hydroxyl groups excluding tert-OH is 1. The molecule has 0 fully saturated rings. The summed E-state index contributed by atoms with van der Waals surface area (Å²) in [4.78, 5) is 33.9. The Morgan fingerprint density at radius 2 is 1.04 bits per heavy atom. The maximum Gasteiger partial charge on any atom is 0.472 e. The average molecular weight is 794 g/mol. The number of unbranched alkanes of at least 4 members (excludes halogenated alkanes) is 17. The molecule has 1 amide bonds. The molecular weight excluding hydrogens is 713 g/mol. The van der Waals surface area contributed by atoms with Gasteiger partial charge in [-0.25, -0.2) is 4.57 Å². The fourth-order valence-electron chi connectivity index (χ4n) is 5.66. The molecule has 0 aliphatic carbocycles. The van der Waals surface area contributed by atoms with Gasteiger partial charge in [0.05, 0.1) is 13.2 Å². The SMILES string of the molecule is CC/C=C\C/C=C\C/C=C\CCCCCC(=O)NCCOP(=O)(O)OCC(O)COC(=O)CCCCCCCCCCCCC/C=C\C/C=C\CCCCC. The molecule has 55 heavy (non-hydrogen) atoms. The van der Waals surface area contributed by atoms with Gasteiger partial charge < -0.3 is 20.1 Å². The van der Waals surface area contributed by atoms with E-state index in [1.807, 2.05) is 0 Å². The summed E-state index contributed by atoms with van der Waals surface area (Å²) in [6.07, 6.45) is 48.7. The Bertz CT molecular complexity index is 1090. The number of rotatable bonds is 40. The summed E-state index contributed by atoms with van der Waals surface area (Å²) in [6, 6.07) is 0. The Labute approximate surface area is 336 Å². The Morgan fingerprint density at radius 3 is 1.58 bits per heavy atom. The highest BCUT2D eigenvalue weighted by Crippen LogP contribution is 2.42. The van der Waals surface area contributed by atoms with E-state index in [1.54, 1.807) is 0 Å². The van der Waals surface area contributed by atoms with Crippen molar-refractivity contribution in [3.63, 3.8) is 0 Å². The number of hydrogen-bond donors (Lipinski definition) is 3. The van der Waals surface area contributed by atoms with E-state index >= 15 is 0 Å². The first-order chi connectivity index (χ1) is 26.8. The van der Waals surface area contributed by atoms with Crippen LogP contribution in [0.15, 0.2) is 60.8 Å².